The second kappa shape index (κ2) is 5.61. The van der Waals surface area contributed by atoms with E-state index in [1.165, 1.54) is 19.3 Å². The maximum Gasteiger partial charge on any atom is 0.251 e. The zero-order valence-corrected chi connectivity index (χ0v) is 11.8. The molecule has 1 fully saturated rings. The number of aryl methyl sites for hydroxylation is 1. The van der Waals surface area contributed by atoms with Gasteiger partial charge in [-0.2, -0.15) is 0 Å². The van der Waals surface area contributed by atoms with Crippen molar-refractivity contribution in [2.45, 2.75) is 39.5 Å². The maximum atomic E-state index is 12.1. The average Bonchev–Trinajstić information content (AvgIpc) is 2.37. The number of carbonyl (C=O) groups excluding carboxylic acids is 1. The number of benzene rings is 1. The fourth-order valence-corrected chi connectivity index (χ4v) is 2.67. The third kappa shape index (κ3) is 2.89. The first-order chi connectivity index (χ1) is 9.10. The molecule has 0 unspecified atom stereocenters. The Balaban J connectivity index is 1.98. The largest absolute Gasteiger partial charge is 0.351 e. The van der Waals surface area contributed by atoms with Gasteiger partial charge in [-0.3, -0.25) is 10.6 Å². The Kier molecular flexibility index (Phi) is 4.10. The molecule has 2 rings (SSSR count). The second-order valence-corrected chi connectivity index (χ2v) is 5.56. The highest BCUT2D eigenvalue weighted by molar-refractivity contribution is 5.94. The van der Waals surface area contributed by atoms with E-state index in [1.807, 2.05) is 19.1 Å². The Labute approximate surface area is 114 Å². The van der Waals surface area contributed by atoms with E-state index in [2.05, 4.69) is 17.7 Å². The van der Waals surface area contributed by atoms with Gasteiger partial charge in [-0.1, -0.05) is 13.3 Å². The Bertz CT molecular complexity index is 461. The molecule has 0 heterocycles. The normalized spacial score (nSPS) is 16.6. The molecule has 4 heteroatoms. The molecule has 0 aliphatic heterocycles. The van der Waals surface area contributed by atoms with Gasteiger partial charge in [-0.25, -0.2) is 0 Å². The van der Waals surface area contributed by atoms with Gasteiger partial charge in [-0.05, 0) is 55.4 Å². The molecule has 4 N–H and O–H groups in total. The van der Waals surface area contributed by atoms with Crippen molar-refractivity contribution in [1.29, 1.82) is 0 Å². The molecule has 0 saturated heterocycles. The van der Waals surface area contributed by atoms with Crippen molar-refractivity contribution in [2.24, 2.45) is 11.3 Å². The number of hydrazine groups is 1. The summed E-state index contributed by atoms with van der Waals surface area (Å²) in [6.07, 6.45) is 4.90. The molecule has 0 bridgehead atoms. The van der Waals surface area contributed by atoms with E-state index in [4.69, 9.17) is 5.84 Å². The van der Waals surface area contributed by atoms with E-state index >= 15 is 0 Å². The Morgan fingerprint density at radius 1 is 1.42 bits per heavy atom. The number of amides is 1. The molecule has 1 aromatic carbocycles. The first-order valence-electron chi connectivity index (χ1n) is 6.96. The highest BCUT2D eigenvalue weighted by atomic mass is 16.1. The number of rotatable bonds is 5. The minimum absolute atomic E-state index is 0.00592. The van der Waals surface area contributed by atoms with Crippen molar-refractivity contribution in [3.05, 3.63) is 29.3 Å². The summed E-state index contributed by atoms with van der Waals surface area (Å²) in [5.41, 5.74) is 5.48. The predicted octanol–water partition coefficient (Wildman–Crippen LogP) is 2.59. The smallest absolute Gasteiger partial charge is 0.251 e. The topological polar surface area (TPSA) is 67.2 Å². The Morgan fingerprint density at radius 2 is 2.16 bits per heavy atom. The number of carbonyl (C=O) groups is 1. The van der Waals surface area contributed by atoms with Crippen LogP contribution in [-0.4, -0.2) is 12.5 Å². The molecule has 19 heavy (non-hydrogen) atoms. The van der Waals surface area contributed by atoms with E-state index in [0.29, 0.717) is 11.0 Å². The maximum absolute atomic E-state index is 12.1. The van der Waals surface area contributed by atoms with Gasteiger partial charge >= 0.3 is 0 Å². The van der Waals surface area contributed by atoms with Gasteiger partial charge in [-0.15, -0.1) is 0 Å². The van der Waals surface area contributed by atoms with Crippen molar-refractivity contribution in [3.8, 4) is 0 Å². The van der Waals surface area contributed by atoms with Crippen LogP contribution in [0.15, 0.2) is 18.2 Å². The number of nitrogen functional groups attached to an aromatic ring is 1. The van der Waals surface area contributed by atoms with E-state index < -0.39 is 0 Å². The lowest BCUT2D eigenvalue weighted by Crippen LogP contribution is -2.41. The average molecular weight is 261 g/mol. The summed E-state index contributed by atoms with van der Waals surface area (Å²) in [6.45, 7) is 4.93. The highest BCUT2D eigenvalue weighted by Gasteiger charge is 2.35. The molecule has 4 nitrogen and oxygen atoms in total. The van der Waals surface area contributed by atoms with Gasteiger partial charge in [0.15, 0.2) is 0 Å². The van der Waals surface area contributed by atoms with Crippen LogP contribution in [0, 0.1) is 12.3 Å². The Morgan fingerprint density at radius 3 is 2.63 bits per heavy atom. The third-order valence-electron chi connectivity index (χ3n) is 4.43. The van der Waals surface area contributed by atoms with Crippen molar-refractivity contribution in [1.82, 2.24) is 5.32 Å². The summed E-state index contributed by atoms with van der Waals surface area (Å²) in [5.74, 6) is 5.39. The number of nitrogens with two attached hydrogens (primary N) is 1. The van der Waals surface area contributed by atoms with Gasteiger partial charge in [0.2, 0.25) is 0 Å². The SMILES string of the molecule is CCC1(CNC(=O)c2ccc(NN)c(C)c2)CCC1. The monoisotopic (exact) mass is 261 g/mol. The van der Waals surface area contributed by atoms with Crippen molar-refractivity contribution in [2.75, 3.05) is 12.0 Å². The molecule has 1 aromatic rings. The third-order valence-corrected chi connectivity index (χ3v) is 4.43. The first kappa shape index (κ1) is 13.9. The summed E-state index contributed by atoms with van der Waals surface area (Å²) >= 11 is 0. The van der Waals surface area contributed by atoms with Crippen molar-refractivity contribution < 1.29 is 4.79 Å². The molecule has 0 radical (unpaired) electrons. The second-order valence-electron chi connectivity index (χ2n) is 5.56. The summed E-state index contributed by atoms with van der Waals surface area (Å²) in [7, 11) is 0. The van der Waals surface area contributed by atoms with Crippen LogP contribution in [0.2, 0.25) is 0 Å². The number of hydrogen-bond donors (Lipinski definition) is 3. The molecule has 1 amide bonds. The van der Waals surface area contributed by atoms with Crippen LogP contribution in [-0.2, 0) is 0 Å². The zero-order valence-electron chi connectivity index (χ0n) is 11.8. The van der Waals surface area contributed by atoms with Crippen LogP contribution in [0.25, 0.3) is 0 Å². The summed E-state index contributed by atoms with van der Waals surface area (Å²) < 4.78 is 0. The molecule has 1 saturated carbocycles. The van der Waals surface area contributed by atoms with E-state index in [0.717, 1.165) is 24.2 Å². The van der Waals surface area contributed by atoms with Gasteiger partial charge in [0.25, 0.3) is 5.91 Å². The lowest BCUT2D eigenvalue weighted by atomic mass is 9.67. The molecule has 0 atom stereocenters. The van der Waals surface area contributed by atoms with E-state index in [-0.39, 0.29) is 5.91 Å². The minimum Gasteiger partial charge on any atom is -0.351 e. The quantitative estimate of drug-likeness (QED) is 0.564. The standard InChI is InChI=1S/C15H23N3O/c1-3-15(7-4-8-15)10-17-14(19)12-5-6-13(18-16)11(2)9-12/h5-6,9,18H,3-4,7-8,10,16H2,1-2H3,(H,17,19). The van der Waals surface area contributed by atoms with E-state index in [1.54, 1.807) is 6.07 Å². The Hall–Kier alpha value is -1.55. The lowest BCUT2D eigenvalue weighted by molar-refractivity contribution is 0.0850. The van der Waals surface area contributed by atoms with Gasteiger partial charge in [0.05, 0.1) is 5.69 Å². The zero-order chi connectivity index (χ0) is 13.9. The van der Waals surface area contributed by atoms with Crippen LogP contribution in [0.1, 0.15) is 48.5 Å². The van der Waals surface area contributed by atoms with Crippen LogP contribution in [0.4, 0.5) is 5.69 Å². The fraction of sp³-hybridized carbons (Fsp3) is 0.533. The molecule has 0 spiro atoms. The molecular formula is C15H23N3O. The minimum atomic E-state index is 0.00592. The first-order valence-corrected chi connectivity index (χ1v) is 6.96. The van der Waals surface area contributed by atoms with Crippen LogP contribution in [0.5, 0.6) is 0 Å². The van der Waals surface area contributed by atoms with Crippen molar-refractivity contribution in [3.63, 3.8) is 0 Å². The molecule has 1 aliphatic rings. The number of anilines is 1. The van der Waals surface area contributed by atoms with Crippen molar-refractivity contribution >= 4 is 11.6 Å². The van der Waals surface area contributed by atoms with Crippen LogP contribution < -0.4 is 16.6 Å². The van der Waals surface area contributed by atoms with Gasteiger partial charge in [0, 0.05) is 12.1 Å². The van der Waals surface area contributed by atoms with E-state index in [9.17, 15) is 4.79 Å². The van der Waals surface area contributed by atoms with Crippen LogP contribution in [0.3, 0.4) is 0 Å². The summed E-state index contributed by atoms with van der Waals surface area (Å²) in [5, 5.41) is 3.07. The molecule has 104 valence electrons. The number of nitrogens with one attached hydrogen (secondary N) is 2. The fourth-order valence-electron chi connectivity index (χ4n) is 2.67. The molecule has 1 aliphatic carbocycles. The van der Waals surface area contributed by atoms with Gasteiger partial charge in [0.1, 0.15) is 0 Å². The lowest BCUT2D eigenvalue weighted by Gasteiger charge is -2.41. The summed E-state index contributed by atoms with van der Waals surface area (Å²) in [4.78, 5) is 12.1. The highest BCUT2D eigenvalue weighted by Crippen LogP contribution is 2.43. The van der Waals surface area contributed by atoms with Crippen LogP contribution >= 0.6 is 0 Å². The molecule has 0 aromatic heterocycles. The number of hydrogen-bond acceptors (Lipinski definition) is 3. The van der Waals surface area contributed by atoms with Gasteiger partial charge < -0.3 is 10.7 Å². The summed E-state index contributed by atoms with van der Waals surface area (Å²) in [6, 6.07) is 5.50. The predicted molar refractivity (Wildman–Crippen MR) is 77.9 cm³/mol. The molecular weight excluding hydrogens is 238 g/mol.